The number of Topliss-reactive ketones (excluding diaryl/α,β-unsaturated/α-hetero) is 1. The summed E-state index contributed by atoms with van der Waals surface area (Å²) < 4.78 is 12.3. The van der Waals surface area contributed by atoms with E-state index in [0.29, 0.717) is 6.42 Å². The molecule has 0 aromatic carbocycles. The van der Waals surface area contributed by atoms with Gasteiger partial charge >= 0.3 is 0 Å². The fourth-order valence-corrected chi connectivity index (χ4v) is 1.56. The highest BCUT2D eigenvalue weighted by Gasteiger charge is 2.58. The normalized spacial score (nSPS) is 51.6. The van der Waals surface area contributed by atoms with Crippen LogP contribution in [0.25, 0.3) is 0 Å². The highest BCUT2D eigenvalue weighted by atomic mass is 19.1. The van der Waals surface area contributed by atoms with Crippen molar-refractivity contribution in [1.82, 2.24) is 0 Å². The molecule has 3 atom stereocenters. The summed E-state index contributed by atoms with van der Waals surface area (Å²) in [5.74, 6) is 0.139. The second-order valence-electron chi connectivity index (χ2n) is 2.64. The number of alkyl halides is 1. The zero-order valence-electron chi connectivity index (χ0n) is 4.43. The molecule has 0 saturated heterocycles. The van der Waals surface area contributed by atoms with Gasteiger partial charge in [0, 0.05) is 12.3 Å². The van der Waals surface area contributed by atoms with Crippen molar-refractivity contribution < 1.29 is 9.18 Å². The molecule has 44 valence electrons. The highest BCUT2D eigenvalue weighted by molar-refractivity contribution is 5.87. The maximum atomic E-state index is 12.3. The number of rotatable bonds is 0. The van der Waals surface area contributed by atoms with E-state index in [9.17, 15) is 9.18 Å². The second kappa shape index (κ2) is 1.12. The van der Waals surface area contributed by atoms with Crippen molar-refractivity contribution in [2.45, 2.75) is 19.0 Å². The van der Waals surface area contributed by atoms with Gasteiger partial charge in [0.2, 0.25) is 0 Å². The predicted molar refractivity (Wildman–Crippen MR) is 26.1 cm³/mol. The molecule has 2 fully saturated rings. The van der Waals surface area contributed by atoms with E-state index in [4.69, 9.17) is 0 Å². The van der Waals surface area contributed by atoms with Gasteiger partial charge in [0.15, 0.2) is 0 Å². The highest BCUT2D eigenvalue weighted by Crippen LogP contribution is 2.51. The van der Waals surface area contributed by atoms with E-state index >= 15 is 0 Å². The molecule has 0 N–H and O–H groups in total. The number of carbonyl (C=O) groups excluding carboxylic acids is 1. The minimum atomic E-state index is -0.753. The summed E-state index contributed by atoms with van der Waals surface area (Å²) >= 11 is 0. The van der Waals surface area contributed by atoms with Gasteiger partial charge in [0.05, 0.1) is 5.92 Å². The Morgan fingerprint density at radius 2 is 2.38 bits per heavy atom. The molecule has 0 aromatic heterocycles. The number of carbonyl (C=O) groups is 1. The van der Waals surface area contributed by atoms with E-state index in [-0.39, 0.29) is 17.6 Å². The zero-order chi connectivity index (χ0) is 5.72. The van der Waals surface area contributed by atoms with Gasteiger partial charge in [-0.1, -0.05) is 0 Å². The fourth-order valence-electron chi connectivity index (χ4n) is 1.56. The van der Waals surface area contributed by atoms with E-state index in [1.54, 1.807) is 0 Å². The smallest absolute Gasteiger partial charge is 0.139 e. The first-order valence-electron chi connectivity index (χ1n) is 2.97. The largest absolute Gasteiger partial charge is 0.299 e. The van der Waals surface area contributed by atoms with Crippen LogP contribution in [0.4, 0.5) is 4.39 Å². The van der Waals surface area contributed by atoms with Gasteiger partial charge in [-0.15, -0.1) is 0 Å². The van der Waals surface area contributed by atoms with Gasteiger partial charge in [0.25, 0.3) is 0 Å². The number of hydrogen-bond acceptors (Lipinski definition) is 1. The molecule has 0 heterocycles. The molecule has 0 radical (unpaired) electrons. The van der Waals surface area contributed by atoms with Gasteiger partial charge in [-0.2, -0.15) is 0 Å². The van der Waals surface area contributed by atoms with E-state index in [1.165, 1.54) is 0 Å². The Bertz CT molecular complexity index is 143. The van der Waals surface area contributed by atoms with Crippen molar-refractivity contribution in [3.05, 3.63) is 0 Å². The summed E-state index contributed by atoms with van der Waals surface area (Å²) in [6.07, 6.45) is 0.691. The van der Waals surface area contributed by atoms with Crippen LogP contribution in [-0.4, -0.2) is 12.0 Å². The molecule has 0 amide bonds. The molecule has 2 aliphatic carbocycles. The van der Waals surface area contributed by atoms with Crippen LogP contribution in [0.1, 0.15) is 12.8 Å². The molecule has 0 bridgehead atoms. The molecule has 2 unspecified atom stereocenters. The van der Waals surface area contributed by atoms with Crippen LogP contribution in [0, 0.1) is 11.8 Å². The minimum absolute atomic E-state index is 0.141. The molecule has 0 spiro atoms. The molecular formula is C6H7FO. The first-order valence-corrected chi connectivity index (χ1v) is 2.97. The summed E-state index contributed by atoms with van der Waals surface area (Å²) in [5.41, 5.74) is 0. The van der Waals surface area contributed by atoms with E-state index in [1.807, 2.05) is 0 Å². The minimum Gasteiger partial charge on any atom is -0.299 e. The first kappa shape index (κ1) is 4.48. The summed E-state index contributed by atoms with van der Waals surface area (Å²) in [6, 6.07) is 0. The predicted octanol–water partition coefficient (Wildman–Crippen LogP) is 0.933. The van der Waals surface area contributed by atoms with Crippen molar-refractivity contribution in [1.29, 1.82) is 0 Å². The van der Waals surface area contributed by atoms with Gasteiger partial charge in [-0.3, -0.25) is 4.79 Å². The summed E-state index contributed by atoms with van der Waals surface area (Å²) in [6.45, 7) is 0. The van der Waals surface area contributed by atoms with Gasteiger partial charge in [0.1, 0.15) is 12.0 Å². The average Bonchev–Trinajstić information content (AvgIpc) is 2.13. The molecule has 0 aliphatic heterocycles. The number of halogens is 1. The molecule has 2 heteroatoms. The topological polar surface area (TPSA) is 17.1 Å². The SMILES string of the molecule is O=C1CCC2C1[C@@H]2F. The zero-order valence-corrected chi connectivity index (χ0v) is 4.43. The van der Waals surface area contributed by atoms with Gasteiger partial charge in [-0.05, 0) is 6.42 Å². The van der Waals surface area contributed by atoms with Crippen LogP contribution in [0.3, 0.4) is 0 Å². The third-order valence-electron chi connectivity index (χ3n) is 2.17. The van der Waals surface area contributed by atoms with Crippen LogP contribution < -0.4 is 0 Å². The Hall–Kier alpha value is -0.400. The number of fused-ring (bicyclic) bond motifs is 1. The molecule has 0 aromatic rings. The Kier molecular flexibility index (Phi) is 0.626. The standard InChI is InChI=1S/C6H7FO/c7-6-3-1-2-4(8)5(3)6/h3,5-6H,1-2H2/t3?,5?,6-/m1/s1. The van der Waals surface area contributed by atoms with Crippen LogP contribution in [-0.2, 0) is 4.79 Å². The maximum absolute atomic E-state index is 12.3. The second-order valence-corrected chi connectivity index (χ2v) is 2.64. The van der Waals surface area contributed by atoms with Crippen LogP contribution in [0.5, 0.6) is 0 Å². The molecule has 2 saturated carbocycles. The summed E-state index contributed by atoms with van der Waals surface area (Å²) in [4.78, 5) is 10.6. The average molecular weight is 114 g/mol. The fraction of sp³-hybridized carbons (Fsp3) is 0.833. The molecule has 8 heavy (non-hydrogen) atoms. The summed E-state index contributed by atoms with van der Waals surface area (Å²) in [7, 11) is 0. The van der Waals surface area contributed by atoms with Crippen LogP contribution >= 0.6 is 0 Å². The lowest BCUT2D eigenvalue weighted by atomic mass is 10.2. The molecule has 1 nitrogen and oxygen atoms in total. The lowest BCUT2D eigenvalue weighted by Gasteiger charge is -1.87. The van der Waals surface area contributed by atoms with E-state index in [2.05, 4.69) is 0 Å². The first-order chi connectivity index (χ1) is 3.80. The van der Waals surface area contributed by atoms with Crippen LogP contribution in [0.15, 0.2) is 0 Å². The molecular weight excluding hydrogens is 107 g/mol. The molecule has 2 rings (SSSR count). The van der Waals surface area contributed by atoms with Gasteiger partial charge in [-0.25, -0.2) is 4.39 Å². The van der Waals surface area contributed by atoms with Crippen LogP contribution in [0.2, 0.25) is 0 Å². The van der Waals surface area contributed by atoms with Crippen molar-refractivity contribution in [2.24, 2.45) is 11.8 Å². The van der Waals surface area contributed by atoms with Gasteiger partial charge < -0.3 is 0 Å². The lowest BCUT2D eigenvalue weighted by Crippen LogP contribution is -1.98. The maximum Gasteiger partial charge on any atom is 0.139 e. The van der Waals surface area contributed by atoms with Crippen molar-refractivity contribution in [3.8, 4) is 0 Å². The Labute approximate surface area is 46.9 Å². The number of ketones is 1. The Morgan fingerprint density at radius 1 is 1.62 bits per heavy atom. The third kappa shape index (κ3) is 0.343. The monoisotopic (exact) mass is 114 g/mol. The quantitative estimate of drug-likeness (QED) is 0.458. The van der Waals surface area contributed by atoms with Crippen molar-refractivity contribution in [2.75, 3.05) is 0 Å². The third-order valence-corrected chi connectivity index (χ3v) is 2.17. The Balaban J connectivity index is 2.18. The van der Waals surface area contributed by atoms with Crippen molar-refractivity contribution in [3.63, 3.8) is 0 Å². The van der Waals surface area contributed by atoms with E-state index < -0.39 is 6.17 Å². The lowest BCUT2D eigenvalue weighted by molar-refractivity contribution is -0.119. The summed E-state index contributed by atoms with van der Waals surface area (Å²) in [5, 5.41) is 0. The number of hydrogen-bond donors (Lipinski definition) is 0. The Morgan fingerprint density at radius 3 is 2.62 bits per heavy atom. The van der Waals surface area contributed by atoms with E-state index in [0.717, 1.165) is 6.42 Å². The molecule has 2 aliphatic rings. The van der Waals surface area contributed by atoms with Crippen molar-refractivity contribution >= 4 is 5.78 Å².